The molecule has 0 saturated heterocycles. The molecular weight excluding hydrogens is 279 g/mol. The Labute approximate surface area is 91.1 Å². The summed E-state index contributed by atoms with van der Waals surface area (Å²) in [5.41, 5.74) is 1.77. The van der Waals surface area contributed by atoms with Gasteiger partial charge in [0.15, 0.2) is 0 Å². The van der Waals surface area contributed by atoms with Crippen molar-refractivity contribution in [2.24, 2.45) is 0 Å². The molecule has 13 heavy (non-hydrogen) atoms. The molecule has 0 bridgehead atoms. The number of nitrogens with zero attached hydrogens (tertiary/aromatic N) is 1. The molecule has 3 nitrogen and oxygen atoms in total. The summed E-state index contributed by atoms with van der Waals surface area (Å²) in [5, 5.41) is 2.66. The van der Waals surface area contributed by atoms with Gasteiger partial charge >= 0.3 is 0 Å². The number of carbonyl (C=O) groups is 1. The van der Waals surface area contributed by atoms with E-state index in [2.05, 4.69) is 24.1 Å². The predicted octanol–water partition coefficient (Wildman–Crippen LogP) is 3.17. The number of hydrogen-bond acceptors (Lipinski definition) is 2. The molecule has 0 aromatic carbocycles. The number of aromatic nitrogens is 1. The van der Waals surface area contributed by atoms with E-state index in [-0.39, 0.29) is 3.91 Å². The summed E-state index contributed by atoms with van der Waals surface area (Å²) in [7, 11) is 0. The largest absolute Gasteiger partial charge is 0.316 e. The summed E-state index contributed by atoms with van der Waals surface area (Å²) in [4.78, 5) is 14.9. The molecule has 0 fully saturated rings. The minimum atomic E-state index is -0.100. The fourth-order valence-electron chi connectivity index (χ4n) is 0.934. The van der Waals surface area contributed by atoms with Gasteiger partial charge in [0.1, 0.15) is 0 Å². The zero-order valence-corrected chi connectivity index (χ0v) is 9.70. The van der Waals surface area contributed by atoms with Gasteiger partial charge in [-0.15, -0.1) is 0 Å². The van der Waals surface area contributed by atoms with Gasteiger partial charge in [-0.25, -0.2) is 0 Å². The van der Waals surface area contributed by atoms with Crippen molar-refractivity contribution in [2.75, 3.05) is 5.32 Å². The molecule has 1 N–H and O–H groups in total. The first-order valence-corrected chi connectivity index (χ1v) is 5.10. The van der Waals surface area contributed by atoms with Gasteiger partial charge in [0.05, 0.1) is 11.9 Å². The number of anilines is 1. The Balaban J connectivity index is 2.75. The fourth-order valence-corrected chi connectivity index (χ4v) is 1.25. The lowest BCUT2D eigenvalue weighted by Gasteiger charge is -2.05. The molecule has 0 aliphatic carbocycles. The van der Waals surface area contributed by atoms with Crippen molar-refractivity contribution >= 4 is 32.2 Å². The second-order valence-electron chi connectivity index (χ2n) is 3.03. The lowest BCUT2D eigenvalue weighted by atomic mass is 10.1. The molecule has 1 rings (SSSR count). The van der Waals surface area contributed by atoms with Gasteiger partial charge in [-0.05, 0) is 18.1 Å². The molecule has 1 amide bonds. The summed E-state index contributed by atoms with van der Waals surface area (Å²) in [6.07, 6.45) is 1.67. The molecule has 1 aromatic heterocycles. The van der Waals surface area contributed by atoms with Gasteiger partial charge in [0, 0.05) is 28.3 Å². The van der Waals surface area contributed by atoms with E-state index in [1.54, 1.807) is 28.8 Å². The van der Waals surface area contributed by atoms with Gasteiger partial charge in [-0.2, -0.15) is 0 Å². The number of rotatable bonds is 2. The van der Waals surface area contributed by atoms with E-state index >= 15 is 0 Å². The Bertz CT molecular complexity index is 295. The van der Waals surface area contributed by atoms with Gasteiger partial charge < -0.3 is 5.32 Å². The zero-order chi connectivity index (χ0) is 9.84. The summed E-state index contributed by atoms with van der Waals surface area (Å²) >= 11 is 1.69. The van der Waals surface area contributed by atoms with Crippen LogP contribution in [0.25, 0.3) is 0 Å². The summed E-state index contributed by atoms with van der Waals surface area (Å²) in [6, 6.07) is 3.78. The Morgan fingerprint density at radius 1 is 1.54 bits per heavy atom. The molecule has 0 radical (unpaired) electrons. The van der Waals surface area contributed by atoms with Crippen LogP contribution in [0.15, 0.2) is 18.3 Å². The Morgan fingerprint density at radius 3 is 2.62 bits per heavy atom. The van der Waals surface area contributed by atoms with E-state index in [0.717, 1.165) is 11.4 Å². The average Bonchev–Trinajstić information content (AvgIpc) is 2.04. The molecule has 4 heteroatoms. The first kappa shape index (κ1) is 10.4. The highest BCUT2D eigenvalue weighted by atomic mass is 127. The highest BCUT2D eigenvalue weighted by molar-refractivity contribution is 14.1. The molecule has 1 aromatic rings. The van der Waals surface area contributed by atoms with Crippen LogP contribution in [0.1, 0.15) is 25.5 Å². The SMILES string of the molecule is CC(C)c1ccc(NC(=O)I)cn1. The van der Waals surface area contributed by atoms with Crippen molar-refractivity contribution in [1.29, 1.82) is 0 Å². The second kappa shape index (κ2) is 4.55. The number of carbonyl (C=O) groups excluding carboxylic acids is 1. The molecule has 0 saturated carbocycles. The van der Waals surface area contributed by atoms with E-state index in [1.807, 2.05) is 12.1 Å². The van der Waals surface area contributed by atoms with E-state index in [9.17, 15) is 4.79 Å². The smallest absolute Gasteiger partial charge is 0.285 e. The maximum Gasteiger partial charge on any atom is 0.285 e. The normalized spacial score (nSPS) is 10.2. The minimum absolute atomic E-state index is 0.100. The van der Waals surface area contributed by atoms with Crippen molar-refractivity contribution in [3.8, 4) is 0 Å². The van der Waals surface area contributed by atoms with Gasteiger partial charge in [-0.1, -0.05) is 13.8 Å². The van der Waals surface area contributed by atoms with Crippen LogP contribution in [-0.2, 0) is 0 Å². The van der Waals surface area contributed by atoms with Crippen molar-refractivity contribution in [3.63, 3.8) is 0 Å². The van der Waals surface area contributed by atoms with Crippen LogP contribution in [0, 0.1) is 0 Å². The molecule has 0 spiro atoms. The predicted molar refractivity (Wildman–Crippen MR) is 61.4 cm³/mol. The Hall–Kier alpha value is -0.650. The third kappa shape index (κ3) is 3.30. The van der Waals surface area contributed by atoms with Crippen molar-refractivity contribution in [1.82, 2.24) is 4.98 Å². The van der Waals surface area contributed by atoms with Crippen LogP contribution < -0.4 is 5.32 Å². The van der Waals surface area contributed by atoms with Gasteiger partial charge in [0.2, 0.25) is 0 Å². The average molecular weight is 290 g/mol. The first-order valence-electron chi connectivity index (χ1n) is 4.02. The Kier molecular flexibility index (Phi) is 3.65. The van der Waals surface area contributed by atoms with Crippen LogP contribution >= 0.6 is 22.6 Å². The van der Waals surface area contributed by atoms with Crippen LogP contribution in [-0.4, -0.2) is 8.90 Å². The number of pyridine rings is 1. The zero-order valence-electron chi connectivity index (χ0n) is 7.54. The molecule has 0 aliphatic heterocycles. The molecule has 0 aliphatic rings. The van der Waals surface area contributed by atoms with Crippen LogP contribution in [0.5, 0.6) is 0 Å². The van der Waals surface area contributed by atoms with Crippen molar-refractivity contribution in [2.45, 2.75) is 19.8 Å². The summed E-state index contributed by atoms with van der Waals surface area (Å²) in [5.74, 6) is 0.421. The molecular formula is C9H11IN2O. The third-order valence-corrected chi connectivity index (χ3v) is 1.89. The third-order valence-electron chi connectivity index (χ3n) is 1.62. The molecule has 0 unspecified atom stereocenters. The second-order valence-corrected chi connectivity index (χ2v) is 4.00. The quantitative estimate of drug-likeness (QED) is 0.516. The topological polar surface area (TPSA) is 42.0 Å². The van der Waals surface area contributed by atoms with E-state index in [0.29, 0.717) is 5.92 Å². The van der Waals surface area contributed by atoms with Gasteiger partial charge in [0.25, 0.3) is 3.91 Å². The van der Waals surface area contributed by atoms with Gasteiger partial charge in [-0.3, -0.25) is 9.78 Å². The van der Waals surface area contributed by atoms with Crippen LogP contribution in [0.4, 0.5) is 10.5 Å². The van der Waals surface area contributed by atoms with E-state index < -0.39 is 0 Å². The molecule has 1 heterocycles. The maximum atomic E-state index is 10.7. The minimum Gasteiger partial charge on any atom is -0.316 e. The summed E-state index contributed by atoms with van der Waals surface area (Å²) < 4.78 is -0.100. The standard InChI is InChI=1S/C9H11IN2O/c1-6(2)8-4-3-7(5-11-8)12-9(10)13/h3-6H,1-2H3,(H,12,13). The fraction of sp³-hybridized carbons (Fsp3) is 0.333. The monoisotopic (exact) mass is 290 g/mol. The lowest BCUT2D eigenvalue weighted by Crippen LogP contribution is -2.01. The first-order chi connectivity index (χ1) is 6.09. The Morgan fingerprint density at radius 2 is 2.23 bits per heavy atom. The number of amides is 1. The summed E-state index contributed by atoms with van der Waals surface area (Å²) in [6.45, 7) is 4.16. The van der Waals surface area contributed by atoms with Crippen LogP contribution in [0.3, 0.4) is 0 Å². The number of nitrogens with one attached hydrogen (secondary N) is 1. The molecule has 0 atom stereocenters. The highest BCUT2D eigenvalue weighted by Gasteiger charge is 2.01. The van der Waals surface area contributed by atoms with E-state index in [1.165, 1.54) is 0 Å². The van der Waals surface area contributed by atoms with Crippen molar-refractivity contribution < 1.29 is 4.79 Å². The maximum absolute atomic E-state index is 10.7. The molecule has 70 valence electrons. The van der Waals surface area contributed by atoms with Crippen molar-refractivity contribution in [3.05, 3.63) is 24.0 Å². The van der Waals surface area contributed by atoms with Crippen LogP contribution in [0.2, 0.25) is 0 Å². The highest BCUT2D eigenvalue weighted by Crippen LogP contribution is 2.14. The number of hydrogen-bond donors (Lipinski definition) is 1. The number of halogens is 1. The van der Waals surface area contributed by atoms with E-state index in [4.69, 9.17) is 0 Å². The lowest BCUT2D eigenvalue weighted by molar-refractivity contribution is 0.272.